The number of carbonyl (C=O) groups is 1. The van der Waals surface area contributed by atoms with Crippen LogP contribution in [0.15, 0.2) is 37.1 Å². The van der Waals surface area contributed by atoms with Gasteiger partial charge in [-0.15, -0.1) is 0 Å². The quantitative estimate of drug-likeness (QED) is 0.793. The van der Waals surface area contributed by atoms with Crippen LogP contribution in [0.2, 0.25) is 0 Å². The fourth-order valence-electron chi connectivity index (χ4n) is 2.25. The van der Waals surface area contributed by atoms with E-state index >= 15 is 0 Å². The number of hydrogen-bond donors (Lipinski definition) is 0. The van der Waals surface area contributed by atoms with E-state index in [-0.39, 0.29) is 5.91 Å². The van der Waals surface area contributed by atoms with Gasteiger partial charge in [-0.25, -0.2) is 15.0 Å². The standard InChI is InChI=1S/C16H21N5O/c1-12(2)11-20(4)21(14-7-13(3)8-18-9-14)16(22)15-10-17-5-6-19-15/h5-10,12H,11H2,1-4H3. The van der Waals surface area contributed by atoms with Crippen molar-refractivity contribution in [3.8, 4) is 0 Å². The second kappa shape index (κ2) is 7.09. The van der Waals surface area contributed by atoms with Gasteiger partial charge < -0.3 is 0 Å². The van der Waals surface area contributed by atoms with Gasteiger partial charge >= 0.3 is 0 Å². The van der Waals surface area contributed by atoms with Crippen LogP contribution in [0.25, 0.3) is 0 Å². The highest BCUT2D eigenvalue weighted by Crippen LogP contribution is 2.19. The van der Waals surface area contributed by atoms with Crippen molar-refractivity contribution in [1.82, 2.24) is 20.0 Å². The summed E-state index contributed by atoms with van der Waals surface area (Å²) in [6.07, 6.45) is 7.98. The van der Waals surface area contributed by atoms with E-state index in [1.165, 1.54) is 12.4 Å². The van der Waals surface area contributed by atoms with Gasteiger partial charge in [-0.2, -0.15) is 0 Å². The maximum atomic E-state index is 12.8. The van der Waals surface area contributed by atoms with Gasteiger partial charge in [0.1, 0.15) is 5.69 Å². The highest BCUT2D eigenvalue weighted by Gasteiger charge is 2.24. The first-order chi connectivity index (χ1) is 10.5. The summed E-state index contributed by atoms with van der Waals surface area (Å²) in [6.45, 7) is 6.90. The number of carbonyl (C=O) groups excluding carboxylic acids is 1. The van der Waals surface area contributed by atoms with Gasteiger partial charge in [-0.05, 0) is 24.5 Å². The van der Waals surface area contributed by atoms with E-state index < -0.39 is 0 Å². The predicted molar refractivity (Wildman–Crippen MR) is 85.3 cm³/mol. The Balaban J connectivity index is 2.39. The number of pyridine rings is 1. The average molecular weight is 299 g/mol. The molecule has 0 N–H and O–H groups in total. The molecule has 0 atom stereocenters. The van der Waals surface area contributed by atoms with Gasteiger partial charge in [0.05, 0.1) is 18.1 Å². The summed E-state index contributed by atoms with van der Waals surface area (Å²) in [6, 6.07) is 1.93. The van der Waals surface area contributed by atoms with Crippen molar-refractivity contribution in [1.29, 1.82) is 0 Å². The molecule has 6 heteroatoms. The van der Waals surface area contributed by atoms with E-state index in [0.717, 1.165) is 17.8 Å². The van der Waals surface area contributed by atoms with Crippen molar-refractivity contribution in [2.75, 3.05) is 18.6 Å². The Bertz CT molecular complexity index is 629. The van der Waals surface area contributed by atoms with Gasteiger partial charge in [0.25, 0.3) is 5.91 Å². The van der Waals surface area contributed by atoms with Crippen molar-refractivity contribution in [2.45, 2.75) is 20.8 Å². The van der Waals surface area contributed by atoms with Crippen molar-refractivity contribution in [3.63, 3.8) is 0 Å². The number of aryl methyl sites for hydroxylation is 1. The summed E-state index contributed by atoms with van der Waals surface area (Å²) in [4.78, 5) is 25.1. The molecule has 22 heavy (non-hydrogen) atoms. The molecule has 116 valence electrons. The zero-order valence-corrected chi connectivity index (χ0v) is 13.4. The smallest absolute Gasteiger partial charge is 0.265 e. The molecule has 0 aliphatic rings. The highest BCUT2D eigenvalue weighted by molar-refractivity contribution is 6.03. The molecule has 0 spiro atoms. The van der Waals surface area contributed by atoms with Crippen molar-refractivity contribution < 1.29 is 4.79 Å². The molecule has 2 aromatic heterocycles. The number of hydrazine groups is 1. The predicted octanol–water partition coefficient (Wildman–Crippen LogP) is 2.33. The van der Waals surface area contributed by atoms with Crippen molar-refractivity contribution in [3.05, 3.63) is 48.3 Å². The summed E-state index contributed by atoms with van der Waals surface area (Å²) < 4.78 is 0. The number of rotatable bonds is 5. The maximum Gasteiger partial charge on any atom is 0.293 e. The van der Waals surface area contributed by atoms with Gasteiger partial charge in [0.15, 0.2) is 0 Å². The molecule has 0 unspecified atom stereocenters. The Morgan fingerprint density at radius 3 is 2.55 bits per heavy atom. The first-order valence-corrected chi connectivity index (χ1v) is 7.22. The van der Waals surface area contributed by atoms with Crippen LogP contribution in [-0.4, -0.2) is 39.5 Å². The molecule has 0 aliphatic heterocycles. The minimum absolute atomic E-state index is 0.219. The van der Waals surface area contributed by atoms with E-state index in [0.29, 0.717) is 11.6 Å². The molecule has 0 radical (unpaired) electrons. The maximum absolute atomic E-state index is 12.8. The summed E-state index contributed by atoms with van der Waals surface area (Å²) in [5.41, 5.74) is 2.02. The van der Waals surface area contributed by atoms with E-state index in [1.54, 1.807) is 23.6 Å². The second-order valence-electron chi connectivity index (χ2n) is 5.66. The molecule has 2 heterocycles. The van der Waals surface area contributed by atoms with E-state index in [1.807, 2.05) is 25.0 Å². The molecule has 0 bridgehead atoms. The molecular weight excluding hydrogens is 278 g/mol. The van der Waals surface area contributed by atoms with Crippen LogP contribution in [0.3, 0.4) is 0 Å². The largest absolute Gasteiger partial charge is 0.293 e. The van der Waals surface area contributed by atoms with Crippen LogP contribution in [0.4, 0.5) is 5.69 Å². The van der Waals surface area contributed by atoms with Crippen LogP contribution in [0.5, 0.6) is 0 Å². The number of anilines is 1. The Morgan fingerprint density at radius 1 is 1.18 bits per heavy atom. The molecule has 0 aromatic carbocycles. The van der Waals surface area contributed by atoms with Gasteiger partial charge in [-0.1, -0.05) is 13.8 Å². The lowest BCUT2D eigenvalue weighted by molar-refractivity contribution is 0.0901. The zero-order chi connectivity index (χ0) is 16.1. The summed E-state index contributed by atoms with van der Waals surface area (Å²) in [5, 5.41) is 3.49. The Labute approximate surface area is 130 Å². The van der Waals surface area contributed by atoms with E-state index in [2.05, 4.69) is 28.8 Å². The van der Waals surface area contributed by atoms with E-state index in [9.17, 15) is 4.79 Å². The monoisotopic (exact) mass is 299 g/mol. The SMILES string of the molecule is Cc1cncc(N(C(=O)c2cnccn2)N(C)CC(C)C)c1. The second-order valence-corrected chi connectivity index (χ2v) is 5.66. The fraction of sp³-hybridized carbons (Fsp3) is 0.375. The first-order valence-electron chi connectivity index (χ1n) is 7.22. The third-order valence-corrected chi connectivity index (χ3v) is 3.05. The minimum atomic E-state index is -0.219. The summed E-state index contributed by atoms with van der Waals surface area (Å²) >= 11 is 0. The van der Waals surface area contributed by atoms with Crippen molar-refractivity contribution in [2.24, 2.45) is 5.92 Å². The molecule has 1 amide bonds. The average Bonchev–Trinajstić information content (AvgIpc) is 2.47. The zero-order valence-electron chi connectivity index (χ0n) is 13.4. The molecule has 0 fully saturated rings. The number of hydrogen-bond acceptors (Lipinski definition) is 5. The number of amides is 1. The van der Waals surface area contributed by atoms with E-state index in [4.69, 9.17) is 0 Å². The Kier molecular flexibility index (Phi) is 5.16. The molecule has 2 rings (SSSR count). The first kappa shape index (κ1) is 16.0. The van der Waals surface area contributed by atoms with Crippen LogP contribution in [0, 0.1) is 12.8 Å². The van der Waals surface area contributed by atoms with Gasteiger partial charge in [-0.3, -0.25) is 14.8 Å². The lowest BCUT2D eigenvalue weighted by Gasteiger charge is -2.32. The lowest BCUT2D eigenvalue weighted by Crippen LogP contribution is -2.46. The molecule has 6 nitrogen and oxygen atoms in total. The molecule has 0 saturated heterocycles. The van der Waals surface area contributed by atoms with Crippen LogP contribution in [-0.2, 0) is 0 Å². The van der Waals surface area contributed by atoms with Gasteiger partial charge in [0, 0.05) is 32.2 Å². The fourth-order valence-corrected chi connectivity index (χ4v) is 2.25. The summed E-state index contributed by atoms with van der Waals surface area (Å²) in [5.74, 6) is 0.198. The van der Waals surface area contributed by atoms with Crippen LogP contribution < -0.4 is 5.01 Å². The van der Waals surface area contributed by atoms with Crippen LogP contribution in [0.1, 0.15) is 29.9 Å². The molecular formula is C16H21N5O. The Morgan fingerprint density at radius 2 is 1.95 bits per heavy atom. The summed E-state index contributed by atoms with van der Waals surface area (Å²) in [7, 11) is 1.89. The normalized spacial score (nSPS) is 11.0. The minimum Gasteiger partial charge on any atom is -0.265 e. The molecule has 0 saturated carbocycles. The number of nitrogens with zero attached hydrogens (tertiary/aromatic N) is 5. The Hall–Kier alpha value is -2.34. The van der Waals surface area contributed by atoms with Gasteiger partial charge in [0.2, 0.25) is 0 Å². The molecule has 0 aliphatic carbocycles. The third kappa shape index (κ3) is 3.85. The highest BCUT2D eigenvalue weighted by atomic mass is 16.2. The van der Waals surface area contributed by atoms with Crippen molar-refractivity contribution >= 4 is 11.6 Å². The lowest BCUT2D eigenvalue weighted by atomic mass is 10.2. The van der Waals surface area contributed by atoms with Crippen LogP contribution >= 0.6 is 0 Å². The topological polar surface area (TPSA) is 62.2 Å². The third-order valence-electron chi connectivity index (χ3n) is 3.05. The number of aromatic nitrogens is 3. The molecule has 2 aromatic rings.